The van der Waals surface area contributed by atoms with Gasteiger partial charge in [-0.05, 0) is 54.8 Å². The van der Waals surface area contributed by atoms with Crippen molar-refractivity contribution >= 4 is 52.3 Å². The van der Waals surface area contributed by atoms with Crippen LogP contribution in [0.1, 0.15) is 25.3 Å². The molecule has 0 saturated carbocycles. The summed E-state index contributed by atoms with van der Waals surface area (Å²) in [6.45, 7) is 2.33. The maximum absolute atomic E-state index is 13.3. The van der Waals surface area contributed by atoms with Gasteiger partial charge in [-0.15, -0.1) is 0 Å². The number of amides is 3. The van der Waals surface area contributed by atoms with Gasteiger partial charge < -0.3 is 10.1 Å². The van der Waals surface area contributed by atoms with E-state index in [4.69, 9.17) is 16.3 Å². The van der Waals surface area contributed by atoms with Crippen LogP contribution in [-0.2, 0) is 19.1 Å². The Morgan fingerprint density at radius 2 is 1.84 bits per heavy atom. The van der Waals surface area contributed by atoms with E-state index in [2.05, 4.69) is 5.32 Å². The highest BCUT2D eigenvalue weighted by atomic mass is 35.5. The number of nitrogens with zero attached hydrogens (tertiary/aromatic N) is 1. The zero-order chi connectivity index (χ0) is 22.0. The van der Waals surface area contributed by atoms with Gasteiger partial charge in [-0.2, -0.15) is 0 Å². The Morgan fingerprint density at radius 1 is 1.13 bits per heavy atom. The zero-order valence-corrected chi connectivity index (χ0v) is 18.5. The van der Waals surface area contributed by atoms with Gasteiger partial charge in [0.25, 0.3) is 11.8 Å². The first-order valence-electron chi connectivity index (χ1n) is 9.96. The first-order chi connectivity index (χ1) is 14.9. The number of ether oxygens (including phenoxy) is 1. The Bertz CT molecular complexity index is 1040. The number of carbonyl (C=O) groups excluding carboxylic acids is 3. The highest BCUT2D eigenvalue weighted by Crippen LogP contribution is 2.40. The van der Waals surface area contributed by atoms with Crippen LogP contribution in [-0.4, -0.2) is 41.9 Å². The average molecular weight is 457 g/mol. The third kappa shape index (κ3) is 4.84. The second-order valence-corrected chi connectivity index (χ2v) is 8.89. The van der Waals surface area contributed by atoms with E-state index in [0.717, 1.165) is 17.7 Å². The summed E-state index contributed by atoms with van der Waals surface area (Å²) in [5.41, 5.74) is 1.60. The number of imide groups is 1. The number of anilines is 1. The maximum Gasteiger partial charge on any atom is 0.268 e. The number of rotatable bonds is 6. The molecular formula is C23H21ClN2O4S. The van der Waals surface area contributed by atoms with Crippen molar-refractivity contribution in [3.05, 3.63) is 64.0 Å². The molecule has 2 aromatic rings. The summed E-state index contributed by atoms with van der Waals surface area (Å²) >= 11 is 7.23. The van der Waals surface area contributed by atoms with Crippen LogP contribution in [0.4, 0.5) is 5.69 Å². The Kier molecular flexibility index (Phi) is 6.46. The summed E-state index contributed by atoms with van der Waals surface area (Å²) in [6.07, 6.45) is 1.63. The van der Waals surface area contributed by atoms with Gasteiger partial charge in [0.1, 0.15) is 0 Å². The molecule has 1 N–H and O–H groups in total. The summed E-state index contributed by atoms with van der Waals surface area (Å²) in [5.74, 6) is -0.827. The molecule has 0 aromatic heterocycles. The molecule has 1 unspecified atom stereocenters. The van der Waals surface area contributed by atoms with Crippen molar-refractivity contribution in [2.45, 2.75) is 30.8 Å². The molecule has 3 amide bonds. The third-order valence-corrected chi connectivity index (χ3v) is 6.41. The molecule has 8 heteroatoms. The van der Waals surface area contributed by atoms with Crippen LogP contribution in [0, 0.1) is 0 Å². The van der Waals surface area contributed by atoms with Gasteiger partial charge in [-0.25, -0.2) is 0 Å². The van der Waals surface area contributed by atoms with E-state index in [9.17, 15) is 14.4 Å². The van der Waals surface area contributed by atoms with Gasteiger partial charge in [-0.3, -0.25) is 19.3 Å². The molecule has 1 fully saturated rings. The van der Waals surface area contributed by atoms with E-state index in [1.54, 1.807) is 36.4 Å². The zero-order valence-electron chi connectivity index (χ0n) is 16.9. The van der Waals surface area contributed by atoms with Crippen LogP contribution in [0.15, 0.2) is 58.3 Å². The molecule has 31 heavy (non-hydrogen) atoms. The molecule has 4 rings (SSSR count). The predicted octanol–water partition coefficient (Wildman–Crippen LogP) is 4.35. The molecule has 2 heterocycles. The monoisotopic (exact) mass is 456 g/mol. The van der Waals surface area contributed by atoms with Crippen LogP contribution in [0.2, 0.25) is 5.02 Å². The maximum atomic E-state index is 13.3. The van der Waals surface area contributed by atoms with Crippen LogP contribution in [0.25, 0.3) is 5.57 Å². The molecule has 160 valence electrons. The number of nitrogens with one attached hydrogen (secondary N) is 1. The fourth-order valence-electron chi connectivity index (χ4n) is 3.60. The number of benzene rings is 2. The minimum Gasteiger partial charge on any atom is -0.376 e. The van der Waals surface area contributed by atoms with Crippen molar-refractivity contribution in [2.24, 2.45) is 0 Å². The van der Waals surface area contributed by atoms with E-state index >= 15 is 0 Å². The van der Waals surface area contributed by atoms with Crippen molar-refractivity contribution in [1.82, 2.24) is 4.90 Å². The minimum atomic E-state index is -0.329. The highest BCUT2D eigenvalue weighted by molar-refractivity contribution is 8.04. The normalized spacial score (nSPS) is 18.8. The summed E-state index contributed by atoms with van der Waals surface area (Å²) < 4.78 is 5.65. The Balaban J connectivity index is 1.68. The summed E-state index contributed by atoms with van der Waals surface area (Å²) in [6, 6.07) is 14.0. The van der Waals surface area contributed by atoms with E-state index in [-0.39, 0.29) is 30.4 Å². The lowest BCUT2D eigenvalue weighted by molar-refractivity contribution is -0.138. The molecule has 1 saturated heterocycles. The summed E-state index contributed by atoms with van der Waals surface area (Å²) in [7, 11) is 0. The molecule has 0 spiro atoms. The first kappa shape index (κ1) is 21.6. The average Bonchev–Trinajstić information content (AvgIpc) is 3.33. The van der Waals surface area contributed by atoms with E-state index < -0.39 is 0 Å². The van der Waals surface area contributed by atoms with Gasteiger partial charge in [0.15, 0.2) is 0 Å². The SMILES string of the molecule is CC(=O)Nc1ccc(C2=C(Sc3ccc(Cl)cc3)C(=O)N(CC3CCCO3)C2=O)cc1. The molecule has 2 aliphatic rings. The van der Waals surface area contributed by atoms with E-state index in [1.165, 1.54) is 23.6 Å². The van der Waals surface area contributed by atoms with Crippen molar-refractivity contribution in [1.29, 1.82) is 0 Å². The molecular weight excluding hydrogens is 436 g/mol. The van der Waals surface area contributed by atoms with Crippen LogP contribution in [0.5, 0.6) is 0 Å². The second-order valence-electron chi connectivity index (χ2n) is 7.37. The molecule has 6 nitrogen and oxygen atoms in total. The van der Waals surface area contributed by atoms with Crippen LogP contribution >= 0.6 is 23.4 Å². The lowest BCUT2D eigenvalue weighted by Crippen LogP contribution is -2.37. The fraction of sp³-hybridized carbons (Fsp3) is 0.261. The predicted molar refractivity (Wildman–Crippen MR) is 121 cm³/mol. The van der Waals surface area contributed by atoms with Gasteiger partial charge in [-0.1, -0.05) is 35.5 Å². The van der Waals surface area contributed by atoms with Gasteiger partial charge >= 0.3 is 0 Å². The second kappa shape index (κ2) is 9.26. The lowest BCUT2D eigenvalue weighted by Gasteiger charge is -2.19. The minimum absolute atomic E-state index is 0.129. The van der Waals surface area contributed by atoms with Gasteiger partial charge in [0.05, 0.1) is 23.1 Å². The molecule has 0 bridgehead atoms. The van der Waals surface area contributed by atoms with Gasteiger partial charge in [0.2, 0.25) is 5.91 Å². The molecule has 1 atom stereocenters. The number of hydrogen-bond acceptors (Lipinski definition) is 5. The van der Waals surface area contributed by atoms with Crippen LogP contribution in [0.3, 0.4) is 0 Å². The summed E-state index contributed by atoms with van der Waals surface area (Å²) in [4.78, 5) is 40.3. The van der Waals surface area contributed by atoms with Crippen molar-refractivity contribution in [3.63, 3.8) is 0 Å². The van der Waals surface area contributed by atoms with E-state index in [1.807, 2.05) is 12.1 Å². The van der Waals surface area contributed by atoms with Crippen LogP contribution < -0.4 is 5.32 Å². The Hall–Kier alpha value is -2.61. The summed E-state index contributed by atoms with van der Waals surface area (Å²) in [5, 5.41) is 3.30. The molecule has 0 radical (unpaired) electrons. The molecule has 0 aliphatic carbocycles. The Morgan fingerprint density at radius 3 is 2.45 bits per heavy atom. The highest BCUT2D eigenvalue weighted by Gasteiger charge is 2.40. The smallest absolute Gasteiger partial charge is 0.268 e. The first-order valence-corrected chi connectivity index (χ1v) is 11.2. The standard InChI is InChI=1S/C23H21ClN2O4S/c1-14(27)25-17-8-4-15(5-9-17)20-21(31-19-10-6-16(24)7-11-19)23(29)26(22(20)28)13-18-3-2-12-30-18/h4-11,18H,2-3,12-13H2,1H3,(H,25,27). The number of thioether (sulfide) groups is 1. The quantitative estimate of drug-likeness (QED) is 0.654. The lowest BCUT2D eigenvalue weighted by atomic mass is 10.1. The van der Waals surface area contributed by atoms with Crippen molar-refractivity contribution in [3.8, 4) is 0 Å². The Labute approximate surface area is 189 Å². The van der Waals surface area contributed by atoms with Gasteiger partial charge in [0, 0.05) is 29.1 Å². The number of hydrogen-bond donors (Lipinski definition) is 1. The topological polar surface area (TPSA) is 75.7 Å². The van der Waals surface area contributed by atoms with Crippen molar-refractivity contribution < 1.29 is 19.1 Å². The molecule has 2 aliphatic heterocycles. The largest absolute Gasteiger partial charge is 0.376 e. The third-order valence-electron chi connectivity index (χ3n) is 5.06. The van der Waals surface area contributed by atoms with Crippen molar-refractivity contribution in [2.75, 3.05) is 18.5 Å². The number of halogens is 1. The molecule has 2 aromatic carbocycles. The fourth-order valence-corrected chi connectivity index (χ4v) is 4.74. The number of carbonyl (C=O) groups is 3. The van der Waals surface area contributed by atoms with E-state index in [0.29, 0.717) is 33.4 Å².